The van der Waals surface area contributed by atoms with Crippen LogP contribution >= 0.6 is 0 Å². The molecule has 130 valence electrons. The first-order valence-electron chi connectivity index (χ1n) is 9.55. The van der Waals surface area contributed by atoms with Crippen LogP contribution in [0, 0.1) is 0 Å². The van der Waals surface area contributed by atoms with Crippen LogP contribution in [0.4, 0.5) is 0 Å². The minimum absolute atomic E-state index is 0.0145. The first kappa shape index (κ1) is 16.1. The van der Waals surface area contributed by atoms with Gasteiger partial charge in [-0.3, -0.25) is 0 Å². The second-order valence-electron chi connectivity index (χ2n) is 7.84. The van der Waals surface area contributed by atoms with Crippen molar-refractivity contribution in [1.29, 1.82) is 0 Å². The van der Waals surface area contributed by atoms with Crippen LogP contribution in [0.25, 0.3) is 33.4 Å². The van der Waals surface area contributed by atoms with E-state index in [0.717, 1.165) is 0 Å². The lowest BCUT2D eigenvalue weighted by Gasteiger charge is -2.24. The van der Waals surface area contributed by atoms with Crippen molar-refractivity contribution in [2.24, 2.45) is 0 Å². The van der Waals surface area contributed by atoms with Gasteiger partial charge < -0.3 is 0 Å². The zero-order valence-corrected chi connectivity index (χ0v) is 15.7. The molecule has 5 rings (SSSR count). The van der Waals surface area contributed by atoms with E-state index in [4.69, 9.17) is 0 Å². The van der Waals surface area contributed by atoms with Crippen LogP contribution in [0.3, 0.4) is 0 Å². The van der Waals surface area contributed by atoms with E-state index in [9.17, 15) is 0 Å². The van der Waals surface area contributed by atoms with Crippen LogP contribution in [-0.4, -0.2) is 0 Å². The van der Waals surface area contributed by atoms with Gasteiger partial charge in [0.25, 0.3) is 0 Å². The van der Waals surface area contributed by atoms with E-state index < -0.39 is 0 Å². The van der Waals surface area contributed by atoms with Crippen LogP contribution in [0.5, 0.6) is 0 Å². The van der Waals surface area contributed by atoms with E-state index in [1.807, 2.05) is 0 Å². The van der Waals surface area contributed by atoms with Crippen molar-refractivity contribution >= 4 is 0 Å². The third-order valence-corrected chi connectivity index (χ3v) is 5.88. The minimum Gasteiger partial charge on any atom is -0.0622 e. The van der Waals surface area contributed by atoms with Crippen molar-refractivity contribution in [1.82, 2.24) is 0 Å². The van der Waals surface area contributed by atoms with E-state index in [-0.39, 0.29) is 5.41 Å². The van der Waals surface area contributed by atoms with Gasteiger partial charge in [0.2, 0.25) is 0 Å². The maximum absolute atomic E-state index is 2.35. The maximum Gasteiger partial charge on any atom is 0.0165 e. The van der Waals surface area contributed by atoms with Crippen molar-refractivity contribution in [3.8, 4) is 33.4 Å². The summed E-state index contributed by atoms with van der Waals surface area (Å²) in [6.07, 6.45) is 0. The molecule has 0 atom stereocenters. The number of hydrogen-bond donors (Lipinski definition) is 0. The highest BCUT2D eigenvalue weighted by Gasteiger charge is 2.37. The summed E-state index contributed by atoms with van der Waals surface area (Å²) >= 11 is 0. The predicted molar refractivity (Wildman–Crippen MR) is 115 cm³/mol. The molecular weight excluding hydrogens is 324 g/mol. The second-order valence-corrected chi connectivity index (χ2v) is 7.84. The normalized spacial score (nSPS) is 13.9. The number of fused-ring (bicyclic) bond motifs is 3. The first-order chi connectivity index (χ1) is 13.2. The van der Waals surface area contributed by atoms with Crippen molar-refractivity contribution in [2.45, 2.75) is 19.3 Å². The van der Waals surface area contributed by atoms with E-state index in [2.05, 4.69) is 111 Å². The Morgan fingerprint density at radius 2 is 1.00 bits per heavy atom. The highest BCUT2D eigenvalue weighted by atomic mass is 14.4. The van der Waals surface area contributed by atoms with Gasteiger partial charge in [-0.2, -0.15) is 0 Å². The lowest BCUT2D eigenvalue weighted by Crippen LogP contribution is -2.16. The molecule has 0 spiro atoms. The number of rotatable bonds is 2. The summed E-state index contributed by atoms with van der Waals surface area (Å²) in [6, 6.07) is 35.1. The molecule has 1 aliphatic carbocycles. The zero-order valence-electron chi connectivity index (χ0n) is 15.7. The molecule has 0 unspecified atom stereocenters. The third-order valence-electron chi connectivity index (χ3n) is 5.88. The molecule has 0 bridgehead atoms. The molecule has 0 saturated heterocycles. The van der Waals surface area contributed by atoms with Gasteiger partial charge in [0, 0.05) is 5.41 Å². The van der Waals surface area contributed by atoms with Gasteiger partial charge in [-0.05, 0) is 44.5 Å². The van der Waals surface area contributed by atoms with Gasteiger partial charge >= 0.3 is 0 Å². The molecule has 0 heteroatoms. The average molecular weight is 346 g/mol. The van der Waals surface area contributed by atoms with E-state index >= 15 is 0 Å². The molecule has 1 aliphatic rings. The Morgan fingerprint density at radius 3 is 1.78 bits per heavy atom. The van der Waals surface area contributed by atoms with Gasteiger partial charge in [0.05, 0.1) is 0 Å². The Morgan fingerprint density at radius 1 is 0.444 bits per heavy atom. The molecule has 4 aromatic carbocycles. The fraction of sp³-hybridized carbons (Fsp3) is 0.111. The Labute approximate surface area is 161 Å². The third kappa shape index (κ3) is 2.44. The quantitative estimate of drug-likeness (QED) is 0.356. The van der Waals surface area contributed by atoms with Crippen LogP contribution in [0.1, 0.15) is 25.0 Å². The largest absolute Gasteiger partial charge is 0.0622 e. The molecule has 0 fully saturated rings. The molecule has 0 nitrogen and oxygen atoms in total. The summed E-state index contributed by atoms with van der Waals surface area (Å²) in [5.74, 6) is 0. The van der Waals surface area contributed by atoms with E-state index in [1.165, 1.54) is 44.5 Å². The summed E-state index contributed by atoms with van der Waals surface area (Å²) < 4.78 is 0. The topological polar surface area (TPSA) is 0 Å². The highest BCUT2D eigenvalue weighted by molar-refractivity contribution is 5.88. The number of hydrogen-bond acceptors (Lipinski definition) is 0. The zero-order chi connectivity index (χ0) is 18.4. The molecule has 0 heterocycles. The van der Waals surface area contributed by atoms with Gasteiger partial charge in [-0.1, -0.05) is 111 Å². The number of benzene rings is 4. The van der Waals surface area contributed by atoms with Gasteiger partial charge in [-0.25, -0.2) is 0 Å². The predicted octanol–water partition coefficient (Wildman–Crippen LogP) is 7.33. The summed E-state index contributed by atoms with van der Waals surface area (Å²) in [4.78, 5) is 0. The lowest BCUT2D eigenvalue weighted by molar-refractivity contribution is 0.662. The molecule has 0 aromatic heterocycles. The molecule has 0 N–H and O–H groups in total. The smallest absolute Gasteiger partial charge is 0.0165 e. The van der Waals surface area contributed by atoms with Crippen LogP contribution in [0.2, 0.25) is 0 Å². The SMILES string of the molecule is CC1(C)c2ccccc2-c2cccc(-c3ccc(-c4ccccc4)cc3)c21. The summed E-state index contributed by atoms with van der Waals surface area (Å²) in [7, 11) is 0. The van der Waals surface area contributed by atoms with Gasteiger partial charge in [0.15, 0.2) is 0 Å². The van der Waals surface area contributed by atoms with Crippen molar-refractivity contribution < 1.29 is 0 Å². The summed E-state index contributed by atoms with van der Waals surface area (Å²) in [5.41, 5.74) is 10.8. The molecule has 0 saturated carbocycles. The Hall–Kier alpha value is -3.12. The van der Waals surface area contributed by atoms with Crippen LogP contribution < -0.4 is 0 Å². The van der Waals surface area contributed by atoms with Crippen LogP contribution in [-0.2, 0) is 5.41 Å². The Bertz CT molecular complexity index is 1120. The van der Waals surface area contributed by atoms with Crippen molar-refractivity contribution in [3.05, 3.63) is 108 Å². The van der Waals surface area contributed by atoms with Crippen molar-refractivity contribution in [3.63, 3.8) is 0 Å². The summed E-state index contributed by atoms with van der Waals surface area (Å²) in [6.45, 7) is 4.69. The maximum atomic E-state index is 2.35. The Kier molecular flexibility index (Phi) is 3.55. The van der Waals surface area contributed by atoms with E-state index in [0.29, 0.717) is 0 Å². The second kappa shape index (κ2) is 5.96. The summed E-state index contributed by atoms with van der Waals surface area (Å²) in [5, 5.41) is 0. The molecule has 27 heavy (non-hydrogen) atoms. The van der Waals surface area contributed by atoms with Crippen LogP contribution in [0.15, 0.2) is 97.1 Å². The fourth-order valence-electron chi connectivity index (χ4n) is 4.56. The molecule has 0 aliphatic heterocycles. The monoisotopic (exact) mass is 346 g/mol. The standard InChI is InChI=1S/C27H22/c1-27(2)25-14-7-6-11-23(25)24-13-8-12-22(26(24)27)21-17-15-20(16-18-21)19-9-4-3-5-10-19/h3-18H,1-2H3. The molecule has 0 amide bonds. The fourth-order valence-corrected chi connectivity index (χ4v) is 4.56. The first-order valence-corrected chi connectivity index (χ1v) is 9.55. The van der Waals surface area contributed by atoms with Gasteiger partial charge in [0.1, 0.15) is 0 Å². The molecular formula is C27H22. The van der Waals surface area contributed by atoms with Crippen molar-refractivity contribution in [2.75, 3.05) is 0 Å². The molecule has 4 aromatic rings. The van der Waals surface area contributed by atoms with E-state index in [1.54, 1.807) is 0 Å². The lowest BCUT2D eigenvalue weighted by atomic mass is 9.79. The van der Waals surface area contributed by atoms with Gasteiger partial charge in [-0.15, -0.1) is 0 Å². The molecule has 0 radical (unpaired) electrons. The highest BCUT2D eigenvalue weighted by Crippen LogP contribution is 2.51. The average Bonchev–Trinajstić information content (AvgIpc) is 2.97. The Balaban J connectivity index is 1.65. The minimum atomic E-state index is 0.0145.